The molecule has 0 atom stereocenters. The van der Waals surface area contributed by atoms with Gasteiger partial charge in [-0.3, -0.25) is 0 Å². The molecule has 0 bridgehead atoms. The van der Waals surface area contributed by atoms with Crippen LogP contribution in [0.4, 0.5) is 19.2 Å². The van der Waals surface area contributed by atoms with E-state index >= 15 is 0 Å². The fraction of sp³-hybridized carbons (Fsp3) is 0.429. The van der Waals surface area contributed by atoms with E-state index in [0.29, 0.717) is 52.4 Å². The molecule has 1 fully saturated rings. The van der Waals surface area contributed by atoms with Crippen LogP contribution < -0.4 is 0 Å². The van der Waals surface area contributed by atoms with Gasteiger partial charge in [-0.2, -0.15) is 0 Å². The maximum Gasteiger partial charge on any atom is 0.410 e. The minimum atomic E-state index is -0.289. The Bertz CT molecular complexity index is 3410. The normalized spacial score (nSPS) is 13.7. The molecule has 1 aliphatic heterocycles. The third-order valence-corrected chi connectivity index (χ3v) is 19.9. The molecule has 1 heterocycles. The van der Waals surface area contributed by atoms with Crippen LogP contribution in [0.1, 0.15) is 141 Å². The highest BCUT2D eigenvalue weighted by Gasteiger charge is 2.22. The third kappa shape index (κ3) is 33.2. The Balaban J connectivity index is 0.859. The molecule has 0 radical (unpaired) electrons. The van der Waals surface area contributed by atoms with E-state index in [1.807, 2.05) is 214 Å². The van der Waals surface area contributed by atoms with E-state index in [1.165, 1.54) is 0 Å². The van der Waals surface area contributed by atoms with Gasteiger partial charge in [0, 0.05) is 65.4 Å². The van der Waals surface area contributed by atoms with Crippen LogP contribution in [0.15, 0.2) is 243 Å². The van der Waals surface area contributed by atoms with Gasteiger partial charge in [-0.05, 0) is 181 Å². The fourth-order valence-electron chi connectivity index (χ4n) is 13.8. The van der Waals surface area contributed by atoms with Crippen molar-refractivity contribution in [3.05, 3.63) is 287 Å². The summed E-state index contributed by atoms with van der Waals surface area (Å²) in [6.07, 6.45) is 13.6. The minimum absolute atomic E-state index is 0.238. The number of carbonyl (C=O) groups is 4. The summed E-state index contributed by atoms with van der Waals surface area (Å²) in [7, 11) is 0. The first-order valence-corrected chi connectivity index (χ1v) is 39.6. The van der Waals surface area contributed by atoms with Crippen LogP contribution in [0, 0.1) is 0 Å². The van der Waals surface area contributed by atoms with Gasteiger partial charge in [0.15, 0.2) is 0 Å². The molecule has 0 spiro atoms. The zero-order chi connectivity index (χ0) is 74.2. The van der Waals surface area contributed by atoms with E-state index in [9.17, 15) is 19.2 Å². The molecule has 0 aliphatic carbocycles. The van der Waals surface area contributed by atoms with Crippen LogP contribution in [0.2, 0.25) is 0 Å². The van der Waals surface area contributed by atoms with Crippen LogP contribution in [0.25, 0.3) is 0 Å². The predicted octanol–water partition coefficient (Wildman–Crippen LogP) is 18.4. The molecular weight excluding hydrogens is 1330 g/mol. The highest BCUT2D eigenvalue weighted by Crippen LogP contribution is 2.19. The molecule has 1 aliphatic rings. The van der Waals surface area contributed by atoms with Crippen molar-refractivity contribution in [1.29, 1.82) is 0 Å². The first-order valence-electron chi connectivity index (χ1n) is 39.6. The van der Waals surface area contributed by atoms with Crippen molar-refractivity contribution in [2.45, 2.75) is 149 Å². The Hall–Kier alpha value is -9.32. The number of rotatable bonds is 40. The van der Waals surface area contributed by atoms with Crippen LogP contribution in [-0.4, -0.2) is 168 Å². The summed E-state index contributed by atoms with van der Waals surface area (Å²) in [6.45, 7) is 17.3. The molecule has 9 rings (SSSR count). The van der Waals surface area contributed by atoms with E-state index in [0.717, 1.165) is 219 Å². The van der Waals surface area contributed by atoms with Crippen molar-refractivity contribution in [1.82, 2.24) is 39.2 Å². The Morgan fingerprint density at radius 1 is 0.224 bits per heavy atom. The fourth-order valence-corrected chi connectivity index (χ4v) is 13.8. The largest absolute Gasteiger partial charge is 0.445 e. The molecule has 0 aromatic heterocycles. The van der Waals surface area contributed by atoms with Crippen LogP contribution in [0.3, 0.4) is 0 Å². The van der Waals surface area contributed by atoms with Crippen LogP contribution in [0.5, 0.6) is 0 Å². The van der Waals surface area contributed by atoms with Crippen molar-refractivity contribution in [2.75, 3.05) is 105 Å². The molecule has 16 heteroatoms. The molecule has 0 N–H and O–H groups in total. The molecule has 8 aromatic carbocycles. The lowest BCUT2D eigenvalue weighted by Gasteiger charge is -2.29. The molecule has 16 nitrogen and oxygen atoms in total. The summed E-state index contributed by atoms with van der Waals surface area (Å²) in [5, 5.41) is 0. The first-order chi connectivity index (χ1) is 52.7. The monoisotopic (exact) mass is 1450 g/mol. The standard InChI is InChI=1S/C91H118N8O8/c100-88(104-76-84-48-21-5-22-49-84)96(72-80-40-13-1-14-41-80)66-33-9-29-56-92-60-37-61-93(57-30-10-34-67-97(73-81-42-15-2-16-43-81)89(101)105-77-85-50-23-6-24-51-85)63-39-65-95(59-32-12-36-69-99(75-83-46-19-4-20-47-83)91(103)107-79-87-54-27-8-28-55-87)71-70-94(64-38-62-92)58-31-11-35-68-98(74-82-44-17-3-18-45-82)90(102)106-78-86-52-25-7-26-53-86/h1-8,13-28,40-55H,9-12,29-39,56-79H2. The second-order valence-corrected chi connectivity index (χ2v) is 28.5. The minimum Gasteiger partial charge on any atom is -0.445 e. The topological polar surface area (TPSA) is 131 Å². The molecule has 0 unspecified atom stereocenters. The molecular formula is C91H118N8O8. The first kappa shape index (κ1) is 81.8. The maximum absolute atomic E-state index is 13.8. The van der Waals surface area contributed by atoms with E-state index in [2.05, 4.69) is 68.1 Å². The highest BCUT2D eigenvalue weighted by molar-refractivity contribution is 5.69. The van der Waals surface area contributed by atoms with E-state index in [4.69, 9.17) is 18.9 Å². The number of unbranched alkanes of at least 4 members (excludes halogenated alkanes) is 8. The van der Waals surface area contributed by atoms with Crippen molar-refractivity contribution >= 4 is 24.4 Å². The second-order valence-electron chi connectivity index (χ2n) is 28.5. The Morgan fingerprint density at radius 2 is 0.402 bits per heavy atom. The number of hydrogen-bond donors (Lipinski definition) is 0. The lowest BCUT2D eigenvalue weighted by Crippen LogP contribution is -2.39. The van der Waals surface area contributed by atoms with E-state index in [1.54, 1.807) is 0 Å². The lowest BCUT2D eigenvalue weighted by atomic mass is 10.1. The van der Waals surface area contributed by atoms with Crippen molar-refractivity contribution < 1.29 is 38.1 Å². The predicted molar refractivity (Wildman–Crippen MR) is 429 cm³/mol. The Morgan fingerprint density at radius 3 is 0.598 bits per heavy atom. The molecule has 107 heavy (non-hydrogen) atoms. The zero-order valence-electron chi connectivity index (χ0n) is 63.5. The van der Waals surface area contributed by atoms with E-state index < -0.39 is 0 Å². The van der Waals surface area contributed by atoms with Crippen molar-refractivity contribution in [2.24, 2.45) is 0 Å². The number of hydrogen-bond acceptors (Lipinski definition) is 12. The number of nitrogens with zero attached hydrogens (tertiary/aromatic N) is 8. The van der Waals surface area contributed by atoms with Gasteiger partial charge < -0.3 is 58.1 Å². The second kappa shape index (κ2) is 49.5. The average Bonchev–Trinajstić information content (AvgIpc) is 1.62. The molecule has 1 saturated heterocycles. The SMILES string of the molecule is O=C(OCc1ccccc1)N(CCCCCN1CCCN(CCCCCN(Cc2ccccc2)C(=O)OCc2ccccc2)CCCN(CCCCCN(Cc2ccccc2)C(=O)OCc2ccccc2)CCN(CCCCCN(Cc2ccccc2)C(=O)OCc2ccccc2)CCC1)Cc1ccccc1. The number of ether oxygens (including phenoxy) is 4. The summed E-state index contributed by atoms with van der Waals surface area (Å²) < 4.78 is 23.7. The summed E-state index contributed by atoms with van der Waals surface area (Å²) in [5.41, 5.74) is 8.21. The van der Waals surface area contributed by atoms with Gasteiger partial charge in [-0.15, -0.1) is 0 Å². The smallest absolute Gasteiger partial charge is 0.410 e. The van der Waals surface area contributed by atoms with Gasteiger partial charge in [0.05, 0.1) is 0 Å². The van der Waals surface area contributed by atoms with Gasteiger partial charge in [0.25, 0.3) is 0 Å². The van der Waals surface area contributed by atoms with Gasteiger partial charge in [-0.25, -0.2) is 19.2 Å². The Labute approximate surface area is 639 Å². The van der Waals surface area contributed by atoms with Gasteiger partial charge in [-0.1, -0.05) is 268 Å². The molecule has 8 aromatic rings. The molecule has 570 valence electrons. The quantitative estimate of drug-likeness (QED) is 0.0268. The third-order valence-electron chi connectivity index (χ3n) is 19.9. The number of carbonyl (C=O) groups excluding carboxylic acids is 4. The molecule has 4 amide bonds. The highest BCUT2D eigenvalue weighted by atomic mass is 16.6. The van der Waals surface area contributed by atoms with Crippen LogP contribution >= 0.6 is 0 Å². The van der Waals surface area contributed by atoms with Crippen molar-refractivity contribution in [3.63, 3.8) is 0 Å². The van der Waals surface area contributed by atoms with E-state index in [-0.39, 0.29) is 50.8 Å². The lowest BCUT2D eigenvalue weighted by molar-refractivity contribution is 0.0920. The number of amides is 4. The molecule has 0 saturated carbocycles. The zero-order valence-corrected chi connectivity index (χ0v) is 63.5. The van der Waals surface area contributed by atoms with Gasteiger partial charge in [0.2, 0.25) is 0 Å². The van der Waals surface area contributed by atoms with Crippen LogP contribution in [-0.2, 0) is 71.6 Å². The average molecular weight is 1450 g/mol. The van der Waals surface area contributed by atoms with Gasteiger partial charge in [0.1, 0.15) is 26.4 Å². The summed E-state index contributed by atoms with van der Waals surface area (Å²) in [4.78, 5) is 73.3. The summed E-state index contributed by atoms with van der Waals surface area (Å²) >= 11 is 0. The van der Waals surface area contributed by atoms with Gasteiger partial charge >= 0.3 is 24.4 Å². The summed E-state index contributed by atoms with van der Waals surface area (Å²) in [6, 6.07) is 80.4. The maximum atomic E-state index is 13.8. The van der Waals surface area contributed by atoms with Crippen molar-refractivity contribution in [3.8, 4) is 0 Å². The number of benzene rings is 8. The summed E-state index contributed by atoms with van der Waals surface area (Å²) in [5.74, 6) is 0. The Kier molecular flexibility index (Phi) is 37.8.